The van der Waals surface area contributed by atoms with Gasteiger partial charge in [0.15, 0.2) is 11.5 Å². The van der Waals surface area contributed by atoms with Crippen LogP contribution >= 0.6 is 7.60 Å². The predicted molar refractivity (Wildman–Crippen MR) is 127 cm³/mol. The summed E-state index contributed by atoms with van der Waals surface area (Å²) in [5.74, 6) is -0.192. The molecule has 3 aromatic rings. The summed E-state index contributed by atoms with van der Waals surface area (Å²) >= 11 is 0. The van der Waals surface area contributed by atoms with E-state index >= 15 is 0 Å². The third kappa shape index (κ3) is 4.74. The van der Waals surface area contributed by atoms with E-state index in [-0.39, 0.29) is 22.8 Å². The number of hydrogen-bond acceptors (Lipinski definition) is 7. The molecule has 0 saturated carbocycles. The van der Waals surface area contributed by atoms with E-state index in [0.29, 0.717) is 36.0 Å². The number of aromatic nitrogens is 3. The molecule has 0 N–H and O–H groups in total. The molecular formula is C24H26N3O5P. The van der Waals surface area contributed by atoms with E-state index in [1.165, 1.54) is 4.57 Å². The normalized spacial score (nSPS) is 13.1. The van der Waals surface area contributed by atoms with Gasteiger partial charge in [0.05, 0.1) is 36.0 Å². The van der Waals surface area contributed by atoms with Crippen LogP contribution in [0.15, 0.2) is 47.4 Å². The Kier molecular flexibility index (Phi) is 6.98. The van der Waals surface area contributed by atoms with Gasteiger partial charge in [0.2, 0.25) is 5.78 Å². The largest absolute Gasteiger partial charge is 0.330 e. The lowest BCUT2D eigenvalue weighted by Gasteiger charge is -2.16. The Hall–Kier alpha value is -2.93. The summed E-state index contributed by atoms with van der Waals surface area (Å²) < 4.78 is 24.5. The molecular weight excluding hydrogens is 441 g/mol. The first kappa shape index (κ1) is 23.2. The number of allylic oxidation sites excluding steroid dienone is 1. The average Bonchev–Trinajstić information content (AvgIpc) is 3.08. The second kappa shape index (κ2) is 9.91. The minimum Gasteiger partial charge on any atom is -0.309 e. The van der Waals surface area contributed by atoms with E-state index in [2.05, 4.69) is 9.97 Å². The van der Waals surface area contributed by atoms with Gasteiger partial charge >= 0.3 is 7.60 Å². The van der Waals surface area contributed by atoms with E-state index < -0.39 is 7.60 Å². The molecule has 9 heteroatoms. The third-order valence-electron chi connectivity index (χ3n) is 5.37. The average molecular weight is 467 g/mol. The van der Waals surface area contributed by atoms with Crippen LogP contribution in [0.1, 0.15) is 54.9 Å². The van der Waals surface area contributed by atoms with Crippen LogP contribution in [0.5, 0.6) is 0 Å². The Morgan fingerprint density at radius 2 is 1.88 bits per heavy atom. The van der Waals surface area contributed by atoms with Crippen molar-refractivity contribution < 1.29 is 18.4 Å². The van der Waals surface area contributed by atoms with Gasteiger partial charge < -0.3 is 9.05 Å². The van der Waals surface area contributed by atoms with Gasteiger partial charge in [-0.3, -0.25) is 18.7 Å². The van der Waals surface area contributed by atoms with Crippen molar-refractivity contribution in [2.45, 2.75) is 33.1 Å². The van der Waals surface area contributed by atoms with Crippen LogP contribution in [-0.4, -0.2) is 39.7 Å². The first-order valence-corrected chi connectivity index (χ1v) is 12.8. The number of hydrogen-bond donors (Lipinski definition) is 0. The molecule has 0 saturated heterocycles. The standard InChI is InChI=1S/C24H26N3O5P/c1-3-31-33(30,32-4-2)15-8-6-5-7-10-17-12-13-20-19(16-17)21(28)23-26-22-18(11-9-14-25-22)24(29)27(20)23/h7,9-14,16H,3-6,8,15H2,1-2H3. The molecule has 0 unspecified atom stereocenters. The fourth-order valence-electron chi connectivity index (χ4n) is 3.90. The van der Waals surface area contributed by atoms with Crippen molar-refractivity contribution >= 4 is 30.5 Å². The Labute approximate surface area is 191 Å². The number of carbonyl (C=O) groups excluding carboxylic acids is 1. The smallest absolute Gasteiger partial charge is 0.309 e. The molecule has 1 aliphatic heterocycles. The second-order valence-electron chi connectivity index (χ2n) is 7.62. The van der Waals surface area contributed by atoms with E-state index in [1.54, 1.807) is 44.3 Å². The van der Waals surface area contributed by atoms with Gasteiger partial charge in [-0.1, -0.05) is 18.2 Å². The maximum absolute atomic E-state index is 12.9. The molecule has 1 aromatic carbocycles. The van der Waals surface area contributed by atoms with Crippen LogP contribution in [0, 0.1) is 0 Å². The summed E-state index contributed by atoms with van der Waals surface area (Å²) in [6, 6.07) is 8.76. The lowest BCUT2D eigenvalue weighted by molar-refractivity contribution is 0.103. The van der Waals surface area contributed by atoms with Crippen LogP contribution in [-0.2, 0) is 13.6 Å². The second-order valence-corrected chi connectivity index (χ2v) is 9.81. The molecule has 0 fully saturated rings. The molecule has 0 aliphatic carbocycles. The van der Waals surface area contributed by atoms with Crippen molar-refractivity contribution in [3.05, 3.63) is 69.9 Å². The number of fused-ring (bicyclic) bond motifs is 4. The molecule has 0 bridgehead atoms. The first-order valence-electron chi connectivity index (χ1n) is 11.1. The van der Waals surface area contributed by atoms with Gasteiger partial charge in [-0.15, -0.1) is 0 Å². The van der Waals surface area contributed by atoms with Gasteiger partial charge in [-0.05, 0) is 62.9 Å². The summed E-state index contributed by atoms with van der Waals surface area (Å²) in [7, 11) is -2.99. The summed E-state index contributed by atoms with van der Waals surface area (Å²) in [6.45, 7) is 4.35. The monoisotopic (exact) mass is 467 g/mol. The summed E-state index contributed by atoms with van der Waals surface area (Å²) in [5.41, 5.74) is 1.83. The Bertz CT molecular complexity index is 1320. The van der Waals surface area contributed by atoms with Crippen LogP contribution in [0.25, 0.3) is 22.8 Å². The van der Waals surface area contributed by atoms with E-state index in [1.807, 2.05) is 18.2 Å². The van der Waals surface area contributed by atoms with Gasteiger partial charge in [0.1, 0.15) is 0 Å². The highest BCUT2D eigenvalue weighted by Gasteiger charge is 2.30. The zero-order chi connectivity index (χ0) is 23.4. The van der Waals surface area contributed by atoms with Gasteiger partial charge in [-0.2, -0.15) is 0 Å². The van der Waals surface area contributed by atoms with E-state index in [4.69, 9.17) is 9.05 Å². The lowest BCUT2D eigenvalue weighted by atomic mass is 10.1. The quantitative estimate of drug-likeness (QED) is 0.244. The lowest BCUT2D eigenvalue weighted by Crippen LogP contribution is -2.21. The topological polar surface area (TPSA) is 100 Å². The molecule has 4 rings (SSSR count). The maximum Gasteiger partial charge on any atom is 0.330 e. The Morgan fingerprint density at radius 3 is 2.64 bits per heavy atom. The van der Waals surface area contributed by atoms with Gasteiger partial charge in [-0.25, -0.2) is 9.97 Å². The minimum atomic E-state index is -2.99. The Balaban J connectivity index is 1.44. The maximum atomic E-state index is 12.9. The van der Waals surface area contributed by atoms with Crippen molar-refractivity contribution in [3.63, 3.8) is 0 Å². The number of nitrogens with zero attached hydrogens (tertiary/aromatic N) is 3. The highest BCUT2D eigenvalue weighted by atomic mass is 31.2. The van der Waals surface area contributed by atoms with Crippen LogP contribution in [0.2, 0.25) is 0 Å². The third-order valence-corrected chi connectivity index (χ3v) is 7.53. The molecule has 8 nitrogen and oxygen atoms in total. The molecule has 1 aliphatic rings. The van der Waals surface area contributed by atoms with Gasteiger partial charge in [0.25, 0.3) is 5.56 Å². The minimum absolute atomic E-state index is 0.0929. The van der Waals surface area contributed by atoms with Crippen LogP contribution in [0.4, 0.5) is 0 Å². The Morgan fingerprint density at radius 1 is 1.09 bits per heavy atom. The zero-order valence-electron chi connectivity index (χ0n) is 18.7. The van der Waals surface area contributed by atoms with Gasteiger partial charge in [0, 0.05) is 6.20 Å². The highest BCUT2D eigenvalue weighted by molar-refractivity contribution is 7.53. The van der Waals surface area contributed by atoms with E-state index in [0.717, 1.165) is 24.8 Å². The number of unbranched alkanes of at least 4 members (excludes halogenated alkanes) is 2. The summed E-state index contributed by atoms with van der Waals surface area (Å²) in [4.78, 5) is 34.3. The SMILES string of the molecule is CCOP(=O)(CCCCC=Cc1ccc2c(c1)C(=O)c1nc3ncccc3c(=O)n1-2)OCC. The number of ketones is 1. The molecule has 0 amide bonds. The van der Waals surface area contributed by atoms with Crippen LogP contribution in [0.3, 0.4) is 0 Å². The molecule has 2 aromatic heterocycles. The van der Waals surface area contributed by atoms with Crippen molar-refractivity contribution in [3.8, 4) is 5.69 Å². The summed E-state index contributed by atoms with van der Waals surface area (Å²) in [5, 5.41) is 0.379. The summed E-state index contributed by atoms with van der Waals surface area (Å²) in [6.07, 6.45) is 8.28. The zero-order valence-corrected chi connectivity index (χ0v) is 19.6. The van der Waals surface area contributed by atoms with Crippen molar-refractivity contribution in [1.82, 2.24) is 14.5 Å². The molecule has 0 atom stereocenters. The highest BCUT2D eigenvalue weighted by Crippen LogP contribution is 2.48. The first-order chi connectivity index (χ1) is 16.0. The van der Waals surface area contributed by atoms with Crippen molar-refractivity contribution in [1.29, 1.82) is 0 Å². The number of pyridine rings is 1. The fraction of sp³-hybridized carbons (Fsp3) is 0.333. The number of rotatable bonds is 10. The molecule has 0 radical (unpaired) electrons. The molecule has 33 heavy (non-hydrogen) atoms. The van der Waals surface area contributed by atoms with Crippen molar-refractivity contribution in [2.24, 2.45) is 0 Å². The number of benzene rings is 1. The van der Waals surface area contributed by atoms with E-state index in [9.17, 15) is 14.2 Å². The van der Waals surface area contributed by atoms with Crippen LogP contribution < -0.4 is 5.56 Å². The van der Waals surface area contributed by atoms with Crippen molar-refractivity contribution in [2.75, 3.05) is 19.4 Å². The molecule has 0 spiro atoms. The molecule has 3 heterocycles. The predicted octanol–water partition coefficient (Wildman–Crippen LogP) is 4.77. The fourth-order valence-corrected chi connectivity index (χ4v) is 5.63. The molecule has 172 valence electrons. The number of carbonyl (C=O) groups is 1.